The lowest BCUT2D eigenvalue weighted by Crippen LogP contribution is -1.86. The molecule has 2 nitrogen and oxygen atoms in total. The van der Waals surface area contributed by atoms with Crippen molar-refractivity contribution in [2.24, 2.45) is 0 Å². The molecule has 0 aromatic carbocycles. The minimum absolute atomic E-state index is 1.04. The summed E-state index contributed by atoms with van der Waals surface area (Å²) in [7, 11) is 0. The van der Waals surface area contributed by atoms with Crippen LogP contribution in [0.3, 0.4) is 0 Å². The second-order valence-corrected chi connectivity index (χ2v) is 3.87. The topological polar surface area (TPSA) is 17.3 Å². The maximum absolute atomic E-state index is 4.40. The van der Waals surface area contributed by atoms with Crippen LogP contribution in [0.4, 0.5) is 0 Å². The molecule has 0 aliphatic rings. The highest BCUT2D eigenvalue weighted by Crippen LogP contribution is 2.16. The van der Waals surface area contributed by atoms with Gasteiger partial charge in [0.25, 0.3) is 0 Å². The molecule has 14 heavy (non-hydrogen) atoms. The van der Waals surface area contributed by atoms with Crippen molar-refractivity contribution in [1.29, 1.82) is 0 Å². The highest BCUT2D eigenvalue weighted by atomic mass is 79.9. The fraction of sp³-hybridized carbons (Fsp3) is 0.364. The number of fused-ring (bicyclic) bond motifs is 1. The van der Waals surface area contributed by atoms with Crippen LogP contribution in [0.5, 0.6) is 0 Å². The van der Waals surface area contributed by atoms with Crippen LogP contribution in [0, 0.1) is 13.8 Å². The van der Waals surface area contributed by atoms with Gasteiger partial charge in [-0.3, -0.25) is 0 Å². The van der Waals surface area contributed by atoms with Crippen LogP contribution in [-0.4, -0.2) is 9.38 Å². The van der Waals surface area contributed by atoms with Gasteiger partial charge >= 0.3 is 0 Å². The number of hydrogen-bond acceptors (Lipinski definition) is 1. The summed E-state index contributed by atoms with van der Waals surface area (Å²) in [6, 6.07) is 2.07. The second-order valence-electron chi connectivity index (χ2n) is 2.95. The average Bonchev–Trinajstić information content (AvgIpc) is 2.49. The van der Waals surface area contributed by atoms with Gasteiger partial charge in [0, 0.05) is 16.9 Å². The molecule has 0 saturated carbocycles. The number of imidazole rings is 1. The lowest BCUT2D eigenvalue weighted by Gasteiger charge is -1.97. The molecule has 0 saturated heterocycles. The molecular formula is C11H15BrN2. The van der Waals surface area contributed by atoms with Gasteiger partial charge in [-0.2, -0.15) is 0 Å². The van der Waals surface area contributed by atoms with E-state index in [4.69, 9.17) is 0 Å². The summed E-state index contributed by atoms with van der Waals surface area (Å²) < 4.78 is 3.12. The molecule has 0 atom stereocenters. The van der Waals surface area contributed by atoms with E-state index in [0.717, 1.165) is 15.8 Å². The Morgan fingerprint density at radius 3 is 2.50 bits per heavy atom. The first kappa shape index (κ1) is 11.2. The van der Waals surface area contributed by atoms with Crippen LogP contribution in [0.25, 0.3) is 5.65 Å². The second kappa shape index (κ2) is 4.60. The van der Waals surface area contributed by atoms with Crippen molar-refractivity contribution in [3.8, 4) is 0 Å². The van der Waals surface area contributed by atoms with Crippen molar-refractivity contribution in [2.75, 3.05) is 0 Å². The van der Waals surface area contributed by atoms with E-state index in [1.54, 1.807) is 0 Å². The van der Waals surface area contributed by atoms with Gasteiger partial charge in [-0.1, -0.05) is 13.8 Å². The van der Waals surface area contributed by atoms with Gasteiger partial charge in [0.05, 0.1) is 5.69 Å². The van der Waals surface area contributed by atoms with Crippen molar-refractivity contribution in [3.05, 3.63) is 34.2 Å². The zero-order chi connectivity index (χ0) is 10.7. The van der Waals surface area contributed by atoms with Crippen molar-refractivity contribution in [3.63, 3.8) is 0 Å². The smallest absolute Gasteiger partial charge is 0.139 e. The van der Waals surface area contributed by atoms with Crippen LogP contribution in [-0.2, 0) is 0 Å². The summed E-state index contributed by atoms with van der Waals surface area (Å²) in [6.45, 7) is 8.06. The first-order chi connectivity index (χ1) is 6.66. The molecule has 2 aromatic rings. The number of pyridine rings is 1. The third-order valence-electron chi connectivity index (χ3n) is 1.82. The number of halogens is 1. The molecule has 0 aliphatic carbocycles. The van der Waals surface area contributed by atoms with Crippen LogP contribution >= 0.6 is 15.9 Å². The molecule has 2 rings (SSSR count). The molecule has 2 heterocycles. The van der Waals surface area contributed by atoms with Crippen LogP contribution in [0.2, 0.25) is 0 Å². The molecule has 0 aliphatic heterocycles. The molecule has 0 radical (unpaired) electrons. The SMILES string of the molecule is CC.Cc1cn2cc(Br)cc(C)c2n1. The molecule has 3 heteroatoms. The largest absolute Gasteiger partial charge is 0.305 e. The lowest BCUT2D eigenvalue weighted by atomic mass is 10.3. The molecule has 0 fully saturated rings. The summed E-state index contributed by atoms with van der Waals surface area (Å²) >= 11 is 3.44. The number of nitrogens with zero attached hydrogens (tertiary/aromatic N) is 2. The fourth-order valence-corrected chi connectivity index (χ4v) is 1.91. The van der Waals surface area contributed by atoms with E-state index >= 15 is 0 Å². The molecule has 0 unspecified atom stereocenters. The van der Waals surface area contributed by atoms with Gasteiger partial charge in [0.2, 0.25) is 0 Å². The van der Waals surface area contributed by atoms with Crippen molar-refractivity contribution in [1.82, 2.24) is 9.38 Å². The Morgan fingerprint density at radius 2 is 1.86 bits per heavy atom. The van der Waals surface area contributed by atoms with Crippen LogP contribution in [0.15, 0.2) is 22.9 Å². The standard InChI is InChI=1S/C9H9BrN2.C2H6/c1-6-3-8(10)5-12-4-7(2)11-9(6)12;1-2/h3-5H,1-2H3;1-2H3. The molecule has 2 aromatic heterocycles. The number of rotatable bonds is 0. The number of hydrogen-bond donors (Lipinski definition) is 0. The van der Waals surface area contributed by atoms with E-state index in [0.29, 0.717) is 0 Å². The molecular weight excluding hydrogens is 240 g/mol. The summed E-state index contributed by atoms with van der Waals surface area (Å²) in [5.41, 5.74) is 3.28. The normalized spacial score (nSPS) is 9.79. The van der Waals surface area contributed by atoms with E-state index in [1.165, 1.54) is 5.56 Å². The molecule has 0 amide bonds. The molecule has 0 N–H and O–H groups in total. The van der Waals surface area contributed by atoms with E-state index in [1.807, 2.05) is 37.6 Å². The predicted octanol–water partition coefficient (Wildman–Crippen LogP) is 3.74. The molecule has 0 bridgehead atoms. The predicted molar refractivity (Wildman–Crippen MR) is 63.7 cm³/mol. The summed E-state index contributed by atoms with van der Waals surface area (Å²) in [6.07, 6.45) is 4.04. The average molecular weight is 255 g/mol. The van der Waals surface area contributed by atoms with Crippen molar-refractivity contribution >= 4 is 21.6 Å². The molecule has 0 spiro atoms. The Labute approximate surface area is 93.1 Å². The maximum Gasteiger partial charge on any atom is 0.139 e. The Kier molecular flexibility index (Phi) is 3.69. The number of aromatic nitrogens is 2. The maximum atomic E-state index is 4.40. The summed E-state index contributed by atoms with van der Waals surface area (Å²) in [5, 5.41) is 0. The lowest BCUT2D eigenvalue weighted by molar-refractivity contribution is 1.15. The van der Waals surface area contributed by atoms with Gasteiger partial charge < -0.3 is 4.40 Å². The highest BCUT2D eigenvalue weighted by molar-refractivity contribution is 9.10. The zero-order valence-electron chi connectivity index (χ0n) is 9.00. The Balaban J connectivity index is 0.000000461. The van der Waals surface area contributed by atoms with Gasteiger partial charge in [-0.15, -0.1) is 0 Å². The summed E-state index contributed by atoms with van der Waals surface area (Å²) in [4.78, 5) is 4.40. The van der Waals surface area contributed by atoms with E-state index in [2.05, 4.69) is 33.9 Å². The first-order valence-corrected chi connectivity index (χ1v) is 5.57. The Morgan fingerprint density at radius 1 is 1.21 bits per heavy atom. The Hall–Kier alpha value is -0.830. The van der Waals surface area contributed by atoms with E-state index in [9.17, 15) is 0 Å². The quantitative estimate of drug-likeness (QED) is 0.701. The van der Waals surface area contributed by atoms with Crippen molar-refractivity contribution < 1.29 is 0 Å². The monoisotopic (exact) mass is 254 g/mol. The first-order valence-electron chi connectivity index (χ1n) is 4.78. The third-order valence-corrected chi connectivity index (χ3v) is 2.26. The van der Waals surface area contributed by atoms with Crippen molar-refractivity contribution in [2.45, 2.75) is 27.7 Å². The van der Waals surface area contributed by atoms with Gasteiger partial charge in [0.1, 0.15) is 5.65 Å². The highest BCUT2D eigenvalue weighted by Gasteiger charge is 2.01. The Bertz CT molecular complexity index is 432. The summed E-state index contributed by atoms with van der Waals surface area (Å²) in [5.74, 6) is 0. The minimum atomic E-state index is 1.04. The fourth-order valence-electron chi connectivity index (χ4n) is 1.35. The third kappa shape index (κ3) is 2.15. The number of aryl methyl sites for hydroxylation is 2. The minimum Gasteiger partial charge on any atom is -0.305 e. The molecule has 76 valence electrons. The van der Waals surface area contributed by atoms with Gasteiger partial charge in [0.15, 0.2) is 0 Å². The van der Waals surface area contributed by atoms with E-state index < -0.39 is 0 Å². The zero-order valence-corrected chi connectivity index (χ0v) is 10.6. The van der Waals surface area contributed by atoms with Gasteiger partial charge in [-0.25, -0.2) is 4.98 Å². The van der Waals surface area contributed by atoms with Crippen LogP contribution in [0.1, 0.15) is 25.1 Å². The van der Waals surface area contributed by atoms with Crippen LogP contribution < -0.4 is 0 Å². The van der Waals surface area contributed by atoms with Gasteiger partial charge in [-0.05, 0) is 41.4 Å². The van der Waals surface area contributed by atoms with E-state index in [-0.39, 0.29) is 0 Å².